The van der Waals surface area contributed by atoms with E-state index in [2.05, 4.69) is 16.6 Å². The summed E-state index contributed by atoms with van der Waals surface area (Å²) in [7, 11) is 0. The smallest absolute Gasteiger partial charge is 0.404 e. The Hall–Kier alpha value is -1.52. The number of nitrogens with one attached hydrogen (secondary N) is 1. The topological polar surface area (TPSA) is 81.4 Å². The zero-order valence-corrected chi connectivity index (χ0v) is 9.37. The number of primary amides is 1. The third kappa shape index (κ3) is 5.72. The molecule has 0 aliphatic carbocycles. The van der Waals surface area contributed by atoms with Gasteiger partial charge in [-0.3, -0.25) is 4.79 Å². The average molecular weight is 214 g/mol. The van der Waals surface area contributed by atoms with Crippen molar-refractivity contribution in [2.24, 2.45) is 11.1 Å². The number of rotatable bonds is 4. The Morgan fingerprint density at radius 3 is 2.40 bits per heavy atom. The fourth-order valence-corrected chi connectivity index (χ4v) is 0.904. The number of ether oxygens (including phenoxy) is 1. The van der Waals surface area contributed by atoms with Crippen LogP contribution in [0.2, 0.25) is 0 Å². The summed E-state index contributed by atoms with van der Waals surface area (Å²) in [5.74, 6) is -0.303. The zero-order valence-electron chi connectivity index (χ0n) is 9.37. The zero-order chi connectivity index (χ0) is 12.1. The van der Waals surface area contributed by atoms with Crippen molar-refractivity contribution in [2.45, 2.75) is 26.8 Å². The van der Waals surface area contributed by atoms with Crippen LogP contribution in [0.5, 0.6) is 0 Å². The Labute approximate surface area is 89.7 Å². The second-order valence-corrected chi connectivity index (χ2v) is 4.26. The number of hydrogen-bond donors (Lipinski definition) is 2. The van der Waals surface area contributed by atoms with Gasteiger partial charge in [-0.15, -0.1) is 0 Å². The fraction of sp³-hybridized carbons (Fsp3) is 0.600. The maximum atomic E-state index is 11.1. The summed E-state index contributed by atoms with van der Waals surface area (Å²) in [6.45, 7) is 9.17. The van der Waals surface area contributed by atoms with Gasteiger partial charge in [0, 0.05) is 0 Å². The second kappa shape index (κ2) is 5.38. The first-order valence-electron chi connectivity index (χ1n) is 4.62. The summed E-state index contributed by atoms with van der Waals surface area (Å²) >= 11 is 0. The van der Waals surface area contributed by atoms with Gasteiger partial charge in [-0.05, 0) is 11.5 Å². The van der Waals surface area contributed by atoms with Crippen LogP contribution in [0.25, 0.3) is 0 Å². The van der Waals surface area contributed by atoms with Crippen molar-refractivity contribution in [1.29, 1.82) is 0 Å². The normalized spacial score (nSPS) is 12.7. The standard InChI is InChI=1S/C10H18N2O3/c1-5-8(13)12-7(10(2,3)4)6-15-9(11)14/h5,7H,1,6H2,2-4H3,(H2,11,14)(H,12,13). The summed E-state index contributed by atoms with van der Waals surface area (Å²) in [5, 5.41) is 2.67. The van der Waals surface area contributed by atoms with E-state index in [-0.39, 0.29) is 24.0 Å². The molecule has 0 aliphatic rings. The molecule has 0 saturated heterocycles. The molecule has 0 aromatic heterocycles. The molecule has 0 saturated carbocycles. The molecule has 0 bridgehead atoms. The van der Waals surface area contributed by atoms with E-state index in [1.54, 1.807) is 0 Å². The number of carbonyl (C=O) groups excluding carboxylic acids is 2. The van der Waals surface area contributed by atoms with Gasteiger partial charge in [-0.2, -0.15) is 0 Å². The van der Waals surface area contributed by atoms with E-state index in [0.29, 0.717) is 0 Å². The molecule has 0 fully saturated rings. The van der Waals surface area contributed by atoms with Crippen molar-refractivity contribution < 1.29 is 14.3 Å². The molecule has 2 amide bonds. The van der Waals surface area contributed by atoms with E-state index in [1.165, 1.54) is 6.08 Å². The van der Waals surface area contributed by atoms with E-state index in [4.69, 9.17) is 5.73 Å². The highest BCUT2D eigenvalue weighted by atomic mass is 16.5. The highest BCUT2D eigenvalue weighted by Gasteiger charge is 2.26. The molecule has 3 N–H and O–H groups in total. The molecular weight excluding hydrogens is 196 g/mol. The van der Waals surface area contributed by atoms with Crippen molar-refractivity contribution >= 4 is 12.0 Å². The molecule has 1 unspecified atom stereocenters. The van der Waals surface area contributed by atoms with E-state index < -0.39 is 6.09 Å². The fourth-order valence-electron chi connectivity index (χ4n) is 0.904. The van der Waals surface area contributed by atoms with E-state index in [9.17, 15) is 9.59 Å². The van der Waals surface area contributed by atoms with Gasteiger partial charge in [0.1, 0.15) is 6.61 Å². The van der Waals surface area contributed by atoms with Crippen molar-refractivity contribution in [3.05, 3.63) is 12.7 Å². The highest BCUT2D eigenvalue weighted by molar-refractivity contribution is 5.87. The summed E-state index contributed by atoms with van der Waals surface area (Å²) in [5.41, 5.74) is 4.63. The first kappa shape index (κ1) is 13.5. The molecule has 5 heteroatoms. The maximum absolute atomic E-state index is 11.1. The van der Waals surface area contributed by atoms with E-state index in [0.717, 1.165) is 0 Å². The lowest BCUT2D eigenvalue weighted by Gasteiger charge is -2.30. The summed E-state index contributed by atoms with van der Waals surface area (Å²) in [4.78, 5) is 21.6. The Morgan fingerprint density at radius 2 is 2.07 bits per heavy atom. The SMILES string of the molecule is C=CC(=O)NC(COC(N)=O)C(C)(C)C. The molecule has 15 heavy (non-hydrogen) atoms. The minimum Gasteiger partial charge on any atom is -0.448 e. The molecule has 86 valence electrons. The number of amides is 2. The first-order valence-corrected chi connectivity index (χ1v) is 4.62. The summed E-state index contributed by atoms with van der Waals surface area (Å²) < 4.78 is 4.67. The molecular formula is C10H18N2O3. The van der Waals surface area contributed by atoms with Gasteiger partial charge in [0.25, 0.3) is 0 Å². The van der Waals surface area contributed by atoms with Gasteiger partial charge >= 0.3 is 6.09 Å². The van der Waals surface area contributed by atoms with Crippen LogP contribution in [-0.2, 0) is 9.53 Å². The molecule has 1 atom stereocenters. The molecule has 0 rings (SSSR count). The van der Waals surface area contributed by atoms with Gasteiger partial charge < -0.3 is 15.8 Å². The average Bonchev–Trinajstić information content (AvgIpc) is 2.09. The predicted octanol–water partition coefficient (Wildman–Crippen LogP) is 0.799. The Bertz CT molecular complexity index is 256. The van der Waals surface area contributed by atoms with E-state index in [1.807, 2.05) is 20.8 Å². The lowest BCUT2D eigenvalue weighted by atomic mass is 9.87. The number of nitrogens with two attached hydrogens (primary N) is 1. The van der Waals surface area contributed by atoms with Gasteiger partial charge in [-0.25, -0.2) is 4.79 Å². The van der Waals surface area contributed by atoms with Crippen LogP contribution >= 0.6 is 0 Å². The van der Waals surface area contributed by atoms with Crippen LogP contribution in [0.15, 0.2) is 12.7 Å². The minimum absolute atomic E-state index is 0.0540. The van der Waals surface area contributed by atoms with Crippen LogP contribution in [0.3, 0.4) is 0 Å². The summed E-state index contributed by atoms with van der Waals surface area (Å²) in [6.07, 6.45) is 0.320. The largest absolute Gasteiger partial charge is 0.448 e. The van der Waals surface area contributed by atoms with Gasteiger partial charge in [0.2, 0.25) is 5.91 Å². The van der Waals surface area contributed by atoms with Crippen LogP contribution < -0.4 is 11.1 Å². The van der Waals surface area contributed by atoms with Crippen LogP contribution in [0.4, 0.5) is 4.79 Å². The van der Waals surface area contributed by atoms with Crippen LogP contribution in [0, 0.1) is 5.41 Å². The lowest BCUT2D eigenvalue weighted by molar-refractivity contribution is -0.118. The highest BCUT2D eigenvalue weighted by Crippen LogP contribution is 2.19. The van der Waals surface area contributed by atoms with Crippen molar-refractivity contribution in [3.63, 3.8) is 0 Å². The molecule has 0 heterocycles. The third-order valence-corrected chi connectivity index (χ3v) is 1.94. The molecule has 0 aliphatic heterocycles. The summed E-state index contributed by atoms with van der Waals surface area (Å²) in [6, 6.07) is -0.296. The lowest BCUT2D eigenvalue weighted by Crippen LogP contribution is -2.46. The first-order chi connectivity index (χ1) is 6.77. The van der Waals surface area contributed by atoms with Gasteiger partial charge in [0.15, 0.2) is 0 Å². The second-order valence-electron chi connectivity index (χ2n) is 4.26. The van der Waals surface area contributed by atoms with Gasteiger partial charge in [0.05, 0.1) is 6.04 Å². The molecule has 5 nitrogen and oxygen atoms in total. The Kier molecular flexibility index (Phi) is 4.84. The molecule has 0 aromatic carbocycles. The molecule has 0 aromatic rings. The van der Waals surface area contributed by atoms with Crippen molar-refractivity contribution in [1.82, 2.24) is 5.32 Å². The predicted molar refractivity (Wildman–Crippen MR) is 57.1 cm³/mol. The van der Waals surface area contributed by atoms with Crippen molar-refractivity contribution in [2.75, 3.05) is 6.61 Å². The maximum Gasteiger partial charge on any atom is 0.404 e. The van der Waals surface area contributed by atoms with Crippen LogP contribution in [0.1, 0.15) is 20.8 Å². The Morgan fingerprint density at radius 1 is 1.53 bits per heavy atom. The molecule has 0 spiro atoms. The molecule has 0 radical (unpaired) electrons. The number of hydrogen-bond acceptors (Lipinski definition) is 3. The third-order valence-electron chi connectivity index (χ3n) is 1.94. The van der Waals surface area contributed by atoms with Crippen molar-refractivity contribution in [3.8, 4) is 0 Å². The minimum atomic E-state index is -0.850. The quantitative estimate of drug-likeness (QED) is 0.679. The monoisotopic (exact) mass is 214 g/mol. The number of carbonyl (C=O) groups is 2. The van der Waals surface area contributed by atoms with Gasteiger partial charge in [-0.1, -0.05) is 27.4 Å². The Balaban J connectivity index is 4.38. The van der Waals surface area contributed by atoms with E-state index >= 15 is 0 Å². The van der Waals surface area contributed by atoms with Crippen LogP contribution in [-0.4, -0.2) is 24.6 Å².